The number of thiophene rings is 2. The van der Waals surface area contributed by atoms with Gasteiger partial charge in [0.25, 0.3) is 5.91 Å². The molecule has 3 aromatic heterocycles. The van der Waals surface area contributed by atoms with E-state index in [4.69, 9.17) is 10.5 Å². The molecule has 0 bridgehead atoms. The van der Waals surface area contributed by atoms with Crippen LogP contribution in [0.1, 0.15) is 59.3 Å². The molecule has 3 heterocycles. The van der Waals surface area contributed by atoms with E-state index in [-0.39, 0.29) is 39.2 Å². The number of aromatic nitrogens is 3. The number of esters is 1. The van der Waals surface area contributed by atoms with Crippen molar-refractivity contribution in [2.75, 3.05) is 11.1 Å². The Morgan fingerprint density at radius 2 is 1.97 bits per heavy atom. The molecule has 0 spiro atoms. The van der Waals surface area contributed by atoms with E-state index in [0.717, 1.165) is 22.0 Å². The summed E-state index contributed by atoms with van der Waals surface area (Å²) in [4.78, 5) is 38.3. The van der Waals surface area contributed by atoms with Crippen LogP contribution in [0.25, 0.3) is 10.7 Å². The predicted octanol–water partition coefficient (Wildman–Crippen LogP) is 4.35. The first-order chi connectivity index (χ1) is 15.6. The van der Waals surface area contributed by atoms with Crippen molar-refractivity contribution in [3.8, 4) is 10.7 Å². The van der Waals surface area contributed by atoms with E-state index in [1.807, 2.05) is 35.9 Å². The summed E-state index contributed by atoms with van der Waals surface area (Å²) in [6.07, 6.45) is -0.354. The highest BCUT2D eigenvalue weighted by Crippen LogP contribution is 2.34. The lowest BCUT2D eigenvalue weighted by atomic mass is 10.1. The van der Waals surface area contributed by atoms with Gasteiger partial charge >= 0.3 is 5.97 Å². The number of carbonyl (C=O) groups excluding carboxylic acids is 3. The number of nitrogens with two attached hydrogens (primary N) is 1. The molecule has 0 aliphatic rings. The van der Waals surface area contributed by atoms with Crippen LogP contribution in [0.2, 0.25) is 0 Å². The van der Waals surface area contributed by atoms with Gasteiger partial charge in [-0.1, -0.05) is 17.8 Å². The van der Waals surface area contributed by atoms with E-state index in [2.05, 4.69) is 15.5 Å². The van der Waals surface area contributed by atoms with Crippen LogP contribution in [0.4, 0.5) is 5.00 Å². The molecule has 0 radical (unpaired) electrons. The van der Waals surface area contributed by atoms with Crippen LogP contribution in [0.15, 0.2) is 22.7 Å². The highest BCUT2D eigenvalue weighted by Gasteiger charge is 2.27. The SMILES string of the molecule is Cc1c(C(N)=O)sc(NC(=O)CSc2nnc(-c3cccs3)n2C(C)C)c1C(=O)OC(C)C. The Morgan fingerprint density at radius 1 is 1.24 bits per heavy atom. The number of amides is 2. The van der Waals surface area contributed by atoms with Gasteiger partial charge in [-0.05, 0) is 51.6 Å². The molecule has 0 aliphatic heterocycles. The largest absolute Gasteiger partial charge is 0.459 e. The van der Waals surface area contributed by atoms with E-state index < -0.39 is 11.9 Å². The number of carbonyl (C=O) groups is 3. The maximum atomic E-state index is 12.7. The fourth-order valence-electron chi connectivity index (χ4n) is 3.06. The Balaban J connectivity index is 1.79. The fourth-order valence-corrected chi connectivity index (χ4v) is 5.70. The number of rotatable bonds is 9. The second-order valence-electron chi connectivity index (χ2n) is 7.66. The van der Waals surface area contributed by atoms with Gasteiger partial charge in [-0.3, -0.25) is 14.2 Å². The van der Waals surface area contributed by atoms with Crippen molar-refractivity contribution in [3.05, 3.63) is 33.5 Å². The molecule has 3 aromatic rings. The molecule has 2 amide bonds. The quantitative estimate of drug-likeness (QED) is 0.325. The molecule has 33 heavy (non-hydrogen) atoms. The summed E-state index contributed by atoms with van der Waals surface area (Å²) in [5.41, 5.74) is 5.97. The minimum Gasteiger partial charge on any atom is -0.459 e. The predicted molar refractivity (Wildman–Crippen MR) is 131 cm³/mol. The second-order valence-corrected chi connectivity index (χ2v) is 10.6. The molecule has 12 heteroatoms. The van der Waals surface area contributed by atoms with Gasteiger partial charge in [0.15, 0.2) is 11.0 Å². The van der Waals surface area contributed by atoms with Crippen molar-refractivity contribution >= 4 is 57.2 Å². The lowest BCUT2D eigenvalue weighted by Gasteiger charge is -2.13. The molecule has 0 saturated carbocycles. The zero-order valence-corrected chi connectivity index (χ0v) is 21.3. The molecular weight excluding hydrogens is 482 g/mol. The van der Waals surface area contributed by atoms with E-state index in [9.17, 15) is 14.4 Å². The monoisotopic (exact) mass is 507 g/mol. The molecule has 0 aliphatic carbocycles. The molecule has 0 atom stereocenters. The minimum absolute atomic E-state index is 0.0385. The van der Waals surface area contributed by atoms with Gasteiger partial charge in [0.2, 0.25) is 5.91 Å². The average Bonchev–Trinajstić information content (AvgIpc) is 3.44. The number of hydrogen-bond donors (Lipinski definition) is 2. The Bertz CT molecular complexity index is 1170. The third kappa shape index (κ3) is 5.63. The van der Waals surface area contributed by atoms with Crippen LogP contribution < -0.4 is 11.1 Å². The summed E-state index contributed by atoms with van der Waals surface area (Å²) < 4.78 is 7.26. The first-order valence-electron chi connectivity index (χ1n) is 10.2. The Hall–Kier alpha value is -2.70. The normalized spacial score (nSPS) is 11.2. The maximum Gasteiger partial charge on any atom is 0.341 e. The van der Waals surface area contributed by atoms with Gasteiger partial charge in [-0.2, -0.15) is 0 Å². The third-order valence-electron chi connectivity index (χ3n) is 4.43. The highest BCUT2D eigenvalue weighted by atomic mass is 32.2. The third-order valence-corrected chi connectivity index (χ3v) is 7.46. The molecule has 3 rings (SSSR count). The molecule has 0 unspecified atom stereocenters. The van der Waals surface area contributed by atoms with E-state index in [1.54, 1.807) is 32.1 Å². The summed E-state index contributed by atoms with van der Waals surface area (Å²) in [6, 6.07) is 4.02. The highest BCUT2D eigenvalue weighted by molar-refractivity contribution is 7.99. The van der Waals surface area contributed by atoms with Crippen LogP contribution >= 0.6 is 34.4 Å². The van der Waals surface area contributed by atoms with Gasteiger partial charge in [0.05, 0.1) is 27.2 Å². The van der Waals surface area contributed by atoms with Crippen molar-refractivity contribution in [2.45, 2.75) is 51.9 Å². The van der Waals surface area contributed by atoms with Crippen LogP contribution in [0, 0.1) is 6.92 Å². The fraction of sp³-hybridized carbons (Fsp3) is 0.381. The Kier molecular flexibility index (Phi) is 7.92. The van der Waals surface area contributed by atoms with E-state index in [1.165, 1.54) is 11.8 Å². The maximum absolute atomic E-state index is 12.7. The zero-order chi connectivity index (χ0) is 24.3. The summed E-state index contributed by atoms with van der Waals surface area (Å²) in [5, 5.41) is 14.1. The molecule has 9 nitrogen and oxygen atoms in total. The van der Waals surface area contributed by atoms with E-state index in [0.29, 0.717) is 10.7 Å². The van der Waals surface area contributed by atoms with Crippen LogP contribution in [0.3, 0.4) is 0 Å². The molecule has 176 valence electrons. The van der Waals surface area contributed by atoms with Gasteiger partial charge in [0, 0.05) is 6.04 Å². The van der Waals surface area contributed by atoms with Crippen LogP contribution in [-0.4, -0.2) is 44.4 Å². The Morgan fingerprint density at radius 3 is 2.55 bits per heavy atom. The standard InChI is InChI=1S/C21H25N5O4S3/c1-10(2)26-18(13-7-6-8-31-13)24-25-21(26)32-9-14(27)23-19-15(20(29)30-11(3)4)12(5)16(33-19)17(22)28/h6-8,10-11H,9H2,1-5H3,(H2,22,28)(H,23,27). The summed E-state index contributed by atoms with van der Waals surface area (Å²) in [5.74, 6) is -0.850. The lowest BCUT2D eigenvalue weighted by Crippen LogP contribution is -2.18. The second kappa shape index (κ2) is 10.5. The number of thioether (sulfide) groups is 1. The Labute approximate surface area is 203 Å². The molecular formula is C21H25N5O4S3. The molecule has 0 fully saturated rings. The zero-order valence-electron chi connectivity index (χ0n) is 18.9. The van der Waals surface area contributed by atoms with Gasteiger partial charge < -0.3 is 15.8 Å². The number of nitrogens with one attached hydrogen (secondary N) is 1. The van der Waals surface area contributed by atoms with E-state index >= 15 is 0 Å². The van der Waals surface area contributed by atoms with Crippen LogP contribution in [-0.2, 0) is 9.53 Å². The molecule has 0 saturated heterocycles. The molecule has 3 N–H and O–H groups in total. The van der Waals surface area contributed by atoms with Gasteiger partial charge in [0.1, 0.15) is 5.00 Å². The van der Waals surface area contributed by atoms with Crippen molar-refractivity contribution in [1.82, 2.24) is 14.8 Å². The van der Waals surface area contributed by atoms with Gasteiger partial charge in [-0.15, -0.1) is 32.9 Å². The van der Waals surface area contributed by atoms with Crippen molar-refractivity contribution in [2.24, 2.45) is 5.73 Å². The van der Waals surface area contributed by atoms with Crippen LogP contribution in [0.5, 0.6) is 0 Å². The minimum atomic E-state index is -0.669. The first kappa shape index (κ1) is 24.9. The first-order valence-corrected chi connectivity index (χ1v) is 12.8. The summed E-state index contributed by atoms with van der Waals surface area (Å²) in [7, 11) is 0. The average molecular weight is 508 g/mol. The summed E-state index contributed by atoms with van der Waals surface area (Å²) >= 11 is 3.77. The van der Waals surface area contributed by atoms with Gasteiger partial charge in [-0.25, -0.2) is 4.79 Å². The number of ether oxygens (including phenoxy) is 1. The topological polar surface area (TPSA) is 129 Å². The number of nitrogens with zero attached hydrogens (tertiary/aromatic N) is 3. The number of primary amides is 1. The number of anilines is 1. The lowest BCUT2D eigenvalue weighted by molar-refractivity contribution is -0.113. The molecule has 0 aromatic carbocycles. The van der Waals surface area contributed by atoms with Crippen molar-refractivity contribution < 1.29 is 19.1 Å². The smallest absolute Gasteiger partial charge is 0.341 e. The summed E-state index contributed by atoms with van der Waals surface area (Å²) in [6.45, 7) is 9.10. The van der Waals surface area contributed by atoms with Crippen molar-refractivity contribution in [1.29, 1.82) is 0 Å². The van der Waals surface area contributed by atoms with Crippen molar-refractivity contribution in [3.63, 3.8) is 0 Å². The number of hydrogen-bond acceptors (Lipinski definition) is 9.